The van der Waals surface area contributed by atoms with Gasteiger partial charge < -0.3 is 10.6 Å². The second-order valence-electron chi connectivity index (χ2n) is 3.43. The van der Waals surface area contributed by atoms with Gasteiger partial charge in [0, 0.05) is 19.3 Å². The molecule has 1 saturated heterocycles. The summed E-state index contributed by atoms with van der Waals surface area (Å²) in [6.07, 6.45) is 2.31. The van der Waals surface area contributed by atoms with Crippen molar-refractivity contribution >= 4 is 0 Å². The number of ether oxygens (including phenoxy) is 1. The van der Waals surface area contributed by atoms with Gasteiger partial charge in [0.1, 0.15) is 6.33 Å². The maximum Gasteiger partial charge on any atom is 0.353 e. The Morgan fingerprint density at radius 3 is 2.73 bits per heavy atom. The number of nitrogens with zero attached hydrogens (tertiary/aromatic N) is 3. The molecule has 0 unspecified atom stereocenters. The molecule has 0 bridgehead atoms. The van der Waals surface area contributed by atoms with E-state index in [1.807, 2.05) is 0 Å². The highest BCUT2D eigenvalue weighted by atomic mass is 16.5. The lowest BCUT2D eigenvalue weighted by atomic mass is 10.1. The molecule has 82 valence electrons. The van der Waals surface area contributed by atoms with Gasteiger partial charge in [0.15, 0.2) is 0 Å². The molecule has 2 rings (SSSR count). The molecule has 7 nitrogen and oxygen atoms in total. The first kappa shape index (κ1) is 9.91. The molecule has 0 saturated carbocycles. The van der Waals surface area contributed by atoms with Crippen LogP contribution in [0.4, 0.5) is 0 Å². The summed E-state index contributed by atoms with van der Waals surface area (Å²) in [5.74, 6) is 5.35. The SMILES string of the molecule is Nn1cnc(=O)n(C2CCOCC2)c1=O. The zero-order chi connectivity index (χ0) is 10.8. The first-order valence-corrected chi connectivity index (χ1v) is 4.73. The van der Waals surface area contributed by atoms with Crippen LogP contribution in [0.1, 0.15) is 18.9 Å². The standard InChI is InChI=1S/C8H12N4O3/c9-11-5-10-7(13)12(8(11)14)6-1-3-15-4-2-6/h5-6H,1-4,9H2. The van der Waals surface area contributed by atoms with Crippen LogP contribution < -0.4 is 17.2 Å². The van der Waals surface area contributed by atoms with Crippen molar-refractivity contribution in [3.05, 3.63) is 27.3 Å². The quantitative estimate of drug-likeness (QED) is 0.570. The molecule has 0 aliphatic carbocycles. The van der Waals surface area contributed by atoms with E-state index in [2.05, 4.69) is 4.98 Å². The van der Waals surface area contributed by atoms with Crippen LogP contribution in [0.3, 0.4) is 0 Å². The van der Waals surface area contributed by atoms with E-state index in [1.54, 1.807) is 0 Å². The number of nitrogens with two attached hydrogens (primary N) is 1. The summed E-state index contributed by atoms with van der Waals surface area (Å²) in [6.45, 7) is 1.10. The third-order valence-corrected chi connectivity index (χ3v) is 2.48. The van der Waals surface area contributed by atoms with Crippen molar-refractivity contribution in [3.8, 4) is 0 Å². The summed E-state index contributed by atoms with van der Waals surface area (Å²) < 4.78 is 7.07. The molecule has 0 spiro atoms. The number of rotatable bonds is 1. The molecule has 1 aliphatic heterocycles. The highest BCUT2D eigenvalue weighted by molar-refractivity contribution is 4.80. The van der Waals surface area contributed by atoms with Crippen molar-refractivity contribution in [3.63, 3.8) is 0 Å². The van der Waals surface area contributed by atoms with Gasteiger partial charge in [0.2, 0.25) is 0 Å². The Kier molecular flexibility index (Phi) is 2.55. The molecular weight excluding hydrogens is 200 g/mol. The van der Waals surface area contributed by atoms with Crippen molar-refractivity contribution < 1.29 is 4.74 Å². The summed E-state index contributed by atoms with van der Waals surface area (Å²) in [5.41, 5.74) is -1.07. The number of hydrogen-bond acceptors (Lipinski definition) is 5. The first-order valence-electron chi connectivity index (χ1n) is 4.73. The molecule has 7 heteroatoms. The zero-order valence-electron chi connectivity index (χ0n) is 8.13. The van der Waals surface area contributed by atoms with E-state index in [1.165, 1.54) is 0 Å². The number of nitrogen functional groups attached to an aromatic ring is 1. The fourth-order valence-corrected chi connectivity index (χ4v) is 1.69. The van der Waals surface area contributed by atoms with Gasteiger partial charge in [-0.2, -0.15) is 4.98 Å². The predicted molar refractivity (Wildman–Crippen MR) is 52.0 cm³/mol. The van der Waals surface area contributed by atoms with Gasteiger partial charge in [-0.05, 0) is 12.8 Å². The van der Waals surface area contributed by atoms with Gasteiger partial charge in [-0.25, -0.2) is 18.8 Å². The van der Waals surface area contributed by atoms with Gasteiger partial charge in [0.25, 0.3) is 0 Å². The summed E-state index contributed by atoms with van der Waals surface area (Å²) in [6, 6.07) is -0.151. The minimum atomic E-state index is -0.548. The normalized spacial score (nSPS) is 17.9. The van der Waals surface area contributed by atoms with E-state index in [9.17, 15) is 9.59 Å². The molecule has 0 amide bonds. The second-order valence-corrected chi connectivity index (χ2v) is 3.43. The summed E-state index contributed by atoms with van der Waals surface area (Å²) >= 11 is 0. The lowest BCUT2D eigenvalue weighted by molar-refractivity contribution is 0.0666. The number of aromatic nitrogens is 3. The fraction of sp³-hybridized carbons (Fsp3) is 0.625. The number of hydrogen-bond donors (Lipinski definition) is 1. The van der Waals surface area contributed by atoms with E-state index in [0.717, 1.165) is 15.6 Å². The highest BCUT2D eigenvalue weighted by Gasteiger charge is 2.19. The van der Waals surface area contributed by atoms with Crippen LogP contribution >= 0.6 is 0 Å². The molecular formula is C8H12N4O3. The summed E-state index contributed by atoms with van der Waals surface area (Å²) in [7, 11) is 0. The Bertz CT molecular complexity index is 458. The minimum absolute atomic E-state index is 0.151. The molecule has 1 aliphatic rings. The van der Waals surface area contributed by atoms with Gasteiger partial charge >= 0.3 is 11.4 Å². The van der Waals surface area contributed by atoms with Crippen LogP contribution in [0.15, 0.2) is 15.9 Å². The van der Waals surface area contributed by atoms with Gasteiger partial charge in [0.05, 0.1) is 0 Å². The van der Waals surface area contributed by atoms with Crippen LogP contribution in [0.25, 0.3) is 0 Å². The van der Waals surface area contributed by atoms with Crippen LogP contribution in [-0.2, 0) is 4.74 Å². The lowest BCUT2D eigenvalue weighted by Gasteiger charge is -2.22. The second kappa shape index (κ2) is 3.85. The Hall–Kier alpha value is -1.63. The topological polar surface area (TPSA) is 92.1 Å². The third kappa shape index (κ3) is 1.78. The first-order chi connectivity index (χ1) is 7.20. The minimum Gasteiger partial charge on any atom is -0.381 e. The maximum absolute atomic E-state index is 11.6. The fourth-order valence-electron chi connectivity index (χ4n) is 1.69. The highest BCUT2D eigenvalue weighted by Crippen LogP contribution is 2.16. The Balaban J connectivity index is 2.46. The molecule has 0 radical (unpaired) electrons. The molecule has 0 atom stereocenters. The van der Waals surface area contributed by atoms with Crippen LogP contribution in [-0.4, -0.2) is 27.4 Å². The largest absolute Gasteiger partial charge is 0.381 e. The average Bonchev–Trinajstić information content (AvgIpc) is 2.26. The summed E-state index contributed by atoms with van der Waals surface area (Å²) in [5, 5.41) is 0. The summed E-state index contributed by atoms with van der Waals surface area (Å²) in [4.78, 5) is 26.6. The van der Waals surface area contributed by atoms with Crippen LogP contribution in [0.2, 0.25) is 0 Å². The predicted octanol–water partition coefficient (Wildman–Crippen LogP) is -1.53. The van der Waals surface area contributed by atoms with Crippen molar-refractivity contribution in [2.45, 2.75) is 18.9 Å². The van der Waals surface area contributed by atoms with E-state index >= 15 is 0 Å². The van der Waals surface area contributed by atoms with E-state index in [0.29, 0.717) is 26.1 Å². The Labute approximate surface area is 85.1 Å². The van der Waals surface area contributed by atoms with Crippen molar-refractivity contribution in [1.82, 2.24) is 14.2 Å². The molecule has 1 fully saturated rings. The van der Waals surface area contributed by atoms with Gasteiger partial charge in [-0.1, -0.05) is 0 Å². The molecule has 15 heavy (non-hydrogen) atoms. The van der Waals surface area contributed by atoms with Crippen molar-refractivity contribution in [1.29, 1.82) is 0 Å². The molecule has 1 aromatic heterocycles. The average molecular weight is 212 g/mol. The van der Waals surface area contributed by atoms with E-state index in [-0.39, 0.29) is 6.04 Å². The Morgan fingerprint density at radius 2 is 2.07 bits per heavy atom. The monoisotopic (exact) mass is 212 g/mol. The molecule has 2 heterocycles. The molecule has 1 aromatic rings. The maximum atomic E-state index is 11.6. The molecule has 2 N–H and O–H groups in total. The smallest absolute Gasteiger partial charge is 0.353 e. The van der Waals surface area contributed by atoms with Crippen molar-refractivity contribution in [2.24, 2.45) is 0 Å². The van der Waals surface area contributed by atoms with Crippen molar-refractivity contribution in [2.75, 3.05) is 19.1 Å². The molecule has 0 aromatic carbocycles. The van der Waals surface area contributed by atoms with E-state index in [4.69, 9.17) is 10.6 Å². The lowest BCUT2D eigenvalue weighted by Crippen LogP contribution is -2.46. The van der Waals surface area contributed by atoms with Crippen LogP contribution in [0.5, 0.6) is 0 Å². The Morgan fingerprint density at radius 1 is 1.40 bits per heavy atom. The van der Waals surface area contributed by atoms with Crippen LogP contribution in [0, 0.1) is 0 Å². The zero-order valence-corrected chi connectivity index (χ0v) is 8.13. The van der Waals surface area contributed by atoms with Gasteiger partial charge in [-0.3, -0.25) is 0 Å². The third-order valence-electron chi connectivity index (χ3n) is 2.48. The van der Waals surface area contributed by atoms with E-state index < -0.39 is 11.4 Å². The van der Waals surface area contributed by atoms with Gasteiger partial charge in [-0.15, -0.1) is 0 Å².